The summed E-state index contributed by atoms with van der Waals surface area (Å²) in [5.74, 6) is 0.765. The monoisotopic (exact) mass is 189 g/mol. The molecule has 4 heteroatoms. The van der Waals surface area contributed by atoms with Crippen molar-refractivity contribution in [2.24, 2.45) is 0 Å². The SMILES string of the molecule is CC(O)c1ccnc(-n2ccnc2)c1. The molecule has 4 nitrogen and oxygen atoms in total. The molecule has 2 aromatic rings. The number of hydrogen-bond donors (Lipinski definition) is 1. The van der Waals surface area contributed by atoms with Crippen molar-refractivity contribution in [1.29, 1.82) is 0 Å². The second-order valence-electron chi connectivity index (χ2n) is 3.09. The Morgan fingerprint density at radius 3 is 2.93 bits per heavy atom. The molecule has 0 aromatic carbocycles. The highest BCUT2D eigenvalue weighted by Gasteiger charge is 2.03. The van der Waals surface area contributed by atoms with Gasteiger partial charge >= 0.3 is 0 Å². The molecule has 0 amide bonds. The van der Waals surface area contributed by atoms with E-state index in [9.17, 15) is 5.11 Å². The Labute approximate surface area is 81.9 Å². The van der Waals surface area contributed by atoms with Gasteiger partial charge in [-0.2, -0.15) is 0 Å². The van der Waals surface area contributed by atoms with Crippen molar-refractivity contribution in [1.82, 2.24) is 14.5 Å². The molecular weight excluding hydrogens is 178 g/mol. The van der Waals surface area contributed by atoms with Crippen LogP contribution in [0.15, 0.2) is 37.1 Å². The molecule has 0 radical (unpaired) electrons. The first-order valence-electron chi connectivity index (χ1n) is 4.40. The van der Waals surface area contributed by atoms with E-state index in [0.717, 1.165) is 11.4 Å². The summed E-state index contributed by atoms with van der Waals surface area (Å²) in [4.78, 5) is 8.11. The van der Waals surface area contributed by atoms with Gasteiger partial charge in [-0.25, -0.2) is 9.97 Å². The van der Waals surface area contributed by atoms with E-state index in [0.29, 0.717) is 0 Å². The van der Waals surface area contributed by atoms with Crippen LogP contribution in [0.25, 0.3) is 5.82 Å². The van der Waals surface area contributed by atoms with E-state index in [4.69, 9.17) is 0 Å². The summed E-state index contributed by atoms with van der Waals surface area (Å²) >= 11 is 0. The summed E-state index contributed by atoms with van der Waals surface area (Å²) in [6.07, 6.45) is 6.39. The van der Waals surface area contributed by atoms with Crippen LogP contribution in [0.4, 0.5) is 0 Å². The molecule has 0 aliphatic heterocycles. The second kappa shape index (κ2) is 3.59. The number of aromatic nitrogens is 3. The maximum Gasteiger partial charge on any atom is 0.138 e. The molecule has 0 saturated carbocycles. The molecule has 0 saturated heterocycles. The van der Waals surface area contributed by atoms with Gasteiger partial charge in [-0.1, -0.05) is 0 Å². The fourth-order valence-electron chi connectivity index (χ4n) is 1.23. The quantitative estimate of drug-likeness (QED) is 0.775. The van der Waals surface area contributed by atoms with E-state index in [1.54, 1.807) is 36.3 Å². The highest BCUT2D eigenvalue weighted by atomic mass is 16.3. The Morgan fingerprint density at radius 2 is 2.29 bits per heavy atom. The molecule has 2 heterocycles. The molecule has 0 spiro atoms. The van der Waals surface area contributed by atoms with Crippen LogP contribution in [0.3, 0.4) is 0 Å². The van der Waals surface area contributed by atoms with Crippen molar-refractivity contribution in [2.45, 2.75) is 13.0 Å². The first kappa shape index (κ1) is 8.90. The predicted molar refractivity (Wildman–Crippen MR) is 52.0 cm³/mol. The lowest BCUT2D eigenvalue weighted by Crippen LogP contribution is -1.98. The molecule has 1 atom stereocenters. The maximum atomic E-state index is 9.39. The Kier molecular flexibility index (Phi) is 2.28. The molecular formula is C10H11N3O. The van der Waals surface area contributed by atoms with Crippen LogP contribution in [-0.2, 0) is 0 Å². The van der Waals surface area contributed by atoms with Crippen molar-refractivity contribution in [3.05, 3.63) is 42.6 Å². The summed E-state index contributed by atoms with van der Waals surface area (Å²) in [6.45, 7) is 1.73. The largest absolute Gasteiger partial charge is 0.389 e. The van der Waals surface area contributed by atoms with E-state index in [1.165, 1.54) is 0 Å². The van der Waals surface area contributed by atoms with E-state index in [-0.39, 0.29) is 0 Å². The minimum atomic E-state index is -0.472. The summed E-state index contributed by atoms with van der Waals surface area (Å²) < 4.78 is 1.80. The Morgan fingerprint density at radius 1 is 1.43 bits per heavy atom. The molecule has 72 valence electrons. The van der Waals surface area contributed by atoms with Crippen molar-refractivity contribution in [2.75, 3.05) is 0 Å². The third kappa shape index (κ3) is 1.65. The smallest absolute Gasteiger partial charge is 0.138 e. The van der Waals surface area contributed by atoms with Crippen molar-refractivity contribution < 1.29 is 5.11 Å². The van der Waals surface area contributed by atoms with E-state index >= 15 is 0 Å². The van der Waals surface area contributed by atoms with Gasteiger partial charge in [-0.3, -0.25) is 4.57 Å². The average molecular weight is 189 g/mol. The molecule has 0 bridgehead atoms. The third-order valence-corrected chi connectivity index (χ3v) is 2.02. The molecule has 0 fully saturated rings. The highest BCUT2D eigenvalue weighted by molar-refractivity contribution is 5.28. The summed E-state index contributed by atoms with van der Waals surface area (Å²) in [5, 5.41) is 9.39. The van der Waals surface area contributed by atoms with Crippen molar-refractivity contribution in [3.63, 3.8) is 0 Å². The Balaban J connectivity index is 2.41. The van der Waals surface area contributed by atoms with Crippen LogP contribution < -0.4 is 0 Å². The number of aliphatic hydroxyl groups excluding tert-OH is 1. The lowest BCUT2D eigenvalue weighted by molar-refractivity contribution is 0.199. The lowest BCUT2D eigenvalue weighted by atomic mass is 10.2. The fourth-order valence-corrected chi connectivity index (χ4v) is 1.23. The third-order valence-electron chi connectivity index (χ3n) is 2.02. The average Bonchev–Trinajstić information content (AvgIpc) is 2.71. The molecule has 1 unspecified atom stereocenters. The van der Waals surface area contributed by atoms with Crippen LogP contribution in [-0.4, -0.2) is 19.6 Å². The normalized spacial score (nSPS) is 12.7. The summed E-state index contributed by atoms with van der Waals surface area (Å²) in [5.41, 5.74) is 0.851. The standard InChI is InChI=1S/C10H11N3O/c1-8(14)9-2-3-12-10(6-9)13-5-4-11-7-13/h2-8,14H,1H3. The zero-order chi connectivity index (χ0) is 9.97. The van der Waals surface area contributed by atoms with E-state index in [2.05, 4.69) is 9.97 Å². The van der Waals surface area contributed by atoms with Crippen molar-refractivity contribution >= 4 is 0 Å². The van der Waals surface area contributed by atoms with Crippen LogP contribution >= 0.6 is 0 Å². The van der Waals surface area contributed by atoms with Gasteiger partial charge in [0, 0.05) is 18.6 Å². The topological polar surface area (TPSA) is 50.9 Å². The number of pyridine rings is 1. The van der Waals surface area contributed by atoms with Crippen LogP contribution in [0.2, 0.25) is 0 Å². The Bertz CT molecular complexity index is 409. The van der Waals surface area contributed by atoms with E-state index in [1.807, 2.05) is 12.3 Å². The maximum absolute atomic E-state index is 9.39. The first-order valence-corrected chi connectivity index (χ1v) is 4.40. The second-order valence-corrected chi connectivity index (χ2v) is 3.09. The van der Waals surface area contributed by atoms with Gasteiger partial charge in [-0.15, -0.1) is 0 Å². The number of aliphatic hydroxyl groups is 1. The molecule has 1 N–H and O–H groups in total. The molecule has 0 aliphatic carbocycles. The summed E-state index contributed by atoms with van der Waals surface area (Å²) in [7, 11) is 0. The Hall–Kier alpha value is -1.68. The van der Waals surface area contributed by atoms with Crippen molar-refractivity contribution in [3.8, 4) is 5.82 Å². The zero-order valence-corrected chi connectivity index (χ0v) is 7.83. The van der Waals surface area contributed by atoms with Crippen LogP contribution in [0, 0.1) is 0 Å². The van der Waals surface area contributed by atoms with Gasteiger partial charge in [0.05, 0.1) is 6.10 Å². The van der Waals surface area contributed by atoms with Gasteiger partial charge in [0.25, 0.3) is 0 Å². The molecule has 0 aliphatic rings. The number of hydrogen-bond acceptors (Lipinski definition) is 3. The van der Waals surface area contributed by atoms with Crippen LogP contribution in [0.1, 0.15) is 18.6 Å². The fraction of sp³-hybridized carbons (Fsp3) is 0.200. The number of rotatable bonds is 2. The van der Waals surface area contributed by atoms with Crippen LogP contribution in [0.5, 0.6) is 0 Å². The lowest BCUT2D eigenvalue weighted by Gasteiger charge is -2.06. The minimum absolute atomic E-state index is 0.472. The molecule has 2 rings (SSSR count). The molecule has 2 aromatic heterocycles. The van der Waals surface area contributed by atoms with Gasteiger partial charge in [0.15, 0.2) is 0 Å². The number of imidazole rings is 1. The van der Waals surface area contributed by atoms with Gasteiger partial charge in [0.1, 0.15) is 12.1 Å². The van der Waals surface area contributed by atoms with E-state index < -0.39 is 6.10 Å². The minimum Gasteiger partial charge on any atom is -0.389 e. The highest BCUT2D eigenvalue weighted by Crippen LogP contribution is 2.13. The van der Waals surface area contributed by atoms with Gasteiger partial charge in [-0.05, 0) is 24.6 Å². The molecule has 14 heavy (non-hydrogen) atoms. The summed E-state index contributed by atoms with van der Waals surface area (Å²) in [6, 6.07) is 3.64. The van der Waals surface area contributed by atoms with Gasteiger partial charge < -0.3 is 5.11 Å². The first-order chi connectivity index (χ1) is 6.77. The van der Waals surface area contributed by atoms with Gasteiger partial charge in [0.2, 0.25) is 0 Å². The number of nitrogens with zero attached hydrogens (tertiary/aromatic N) is 3. The zero-order valence-electron chi connectivity index (χ0n) is 7.83. The predicted octanol–water partition coefficient (Wildman–Crippen LogP) is 1.32.